The number of hydrogen-bond donors (Lipinski definition) is 3. The van der Waals surface area contributed by atoms with Gasteiger partial charge in [0.25, 0.3) is 11.7 Å². The van der Waals surface area contributed by atoms with Crippen LogP contribution in [0, 0.1) is 0 Å². The van der Waals surface area contributed by atoms with Crippen molar-refractivity contribution in [1.29, 1.82) is 0 Å². The van der Waals surface area contributed by atoms with Gasteiger partial charge in [-0.2, -0.15) is 0 Å². The molecule has 1 aromatic heterocycles. The largest absolute Gasteiger partial charge is 0.479 e. The van der Waals surface area contributed by atoms with E-state index in [9.17, 15) is 20.1 Å². The Bertz CT molecular complexity index is 1320. The first-order chi connectivity index (χ1) is 18.1. The number of carbonyl (C=O) groups excluding carboxylic acids is 1. The second-order valence-electron chi connectivity index (χ2n) is 9.46. The van der Waals surface area contributed by atoms with E-state index in [1.54, 1.807) is 28.8 Å². The molecule has 0 saturated carbocycles. The zero-order chi connectivity index (χ0) is 27.7. The number of aromatic nitrogens is 1. The number of nitrogens with zero attached hydrogens (tertiary/aromatic N) is 2. The third-order valence-electron chi connectivity index (χ3n) is 6.84. The third kappa shape index (κ3) is 4.87. The first-order valence-electron chi connectivity index (χ1n) is 12.1. The highest BCUT2D eigenvalue weighted by molar-refractivity contribution is 6.03. The maximum atomic E-state index is 13.4. The van der Waals surface area contributed by atoms with Gasteiger partial charge in [0.15, 0.2) is 6.29 Å². The lowest BCUT2D eigenvalue weighted by molar-refractivity contribution is -0.403. The molecule has 4 atom stereocenters. The topological polar surface area (TPSA) is 123 Å². The minimum absolute atomic E-state index is 0.125. The number of ether oxygens (including phenoxy) is 4. The van der Waals surface area contributed by atoms with Crippen LogP contribution < -0.4 is 0 Å². The highest BCUT2D eigenvalue weighted by Gasteiger charge is 2.62. The molecule has 4 rings (SSSR count). The molecule has 0 spiro atoms. The van der Waals surface area contributed by atoms with Gasteiger partial charge in [-0.15, -0.1) is 0 Å². The summed E-state index contributed by atoms with van der Waals surface area (Å²) in [5, 5.41) is 33.5. The molecule has 10 nitrogen and oxygen atoms in total. The average Bonchev–Trinajstić information content (AvgIpc) is 3.30. The van der Waals surface area contributed by atoms with Gasteiger partial charge in [0.2, 0.25) is 11.9 Å². The SMILES string of the molecule is COC(O)[C@H]1OC(c2ccc3c(c2)c(CCN(C)C)cn3C(=O)c2ccccc2)=C[C@](O)(OC)[C@@]1(O)OC. The molecule has 0 fully saturated rings. The Kier molecular flexibility index (Phi) is 8.05. The molecule has 0 radical (unpaired) electrons. The number of carbonyl (C=O) groups is 1. The van der Waals surface area contributed by atoms with Crippen LogP contribution in [-0.4, -0.2) is 96.6 Å². The van der Waals surface area contributed by atoms with Crippen LogP contribution in [0.1, 0.15) is 21.5 Å². The second-order valence-corrected chi connectivity index (χ2v) is 9.46. The monoisotopic (exact) mass is 526 g/mol. The normalized spacial score (nSPS) is 24.3. The first-order valence-corrected chi connectivity index (χ1v) is 12.1. The van der Waals surface area contributed by atoms with Gasteiger partial charge in [0.1, 0.15) is 5.76 Å². The van der Waals surface area contributed by atoms with Crippen LogP contribution in [0.25, 0.3) is 16.7 Å². The highest BCUT2D eigenvalue weighted by Crippen LogP contribution is 2.42. The molecule has 0 amide bonds. The van der Waals surface area contributed by atoms with E-state index in [1.165, 1.54) is 20.3 Å². The fourth-order valence-electron chi connectivity index (χ4n) is 4.61. The number of aliphatic hydroxyl groups is 3. The molecule has 1 aliphatic rings. The van der Waals surface area contributed by atoms with Crippen LogP contribution in [0.2, 0.25) is 0 Å². The molecule has 38 heavy (non-hydrogen) atoms. The number of fused-ring (bicyclic) bond motifs is 1. The number of hydrogen-bond acceptors (Lipinski definition) is 9. The molecular weight excluding hydrogens is 492 g/mol. The Labute approximate surface area is 221 Å². The molecule has 3 aromatic rings. The van der Waals surface area contributed by atoms with Gasteiger partial charge in [0, 0.05) is 56.7 Å². The van der Waals surface area contributed by atoms with Crippen LogP contribution in [0.3, 0.4) is 0 Å². The molecule has 3 N–H and O–H groups in total. The number of rotatable bonds is 9. The van der Waals surface area contributed by atoms with E-state index in [4.69, 9.17) is 18.9 Å². The summed E-state index contributed by atoms with van der Waals surface area (Å²) in [5.41, 5.74) is 2.73. The van der Waals surface area contributed by atoms with Crippen molar-refractivity contribution in [2.24, 2.45) is 0 Å². The second kappa shape index (κ2) is 11.0. The zero-order valence-electron chi connectivity index (χ0n) is 22.1. The van der Waals surface area contributed by atoms with Gasteiger partial charge < -0.3 is 39.2 Å². The Morgan fingerprint density at radius 1 is 1.11 bits per heavy atom. The van der Waals surface area contributed by atoms with E-state index in [0.717, 1.165) is 24.6 Å². The van der Waals surface area contributed by atoms with Crippen LogP contribution >= 0.6 is 0 Å². The van der Waals surface area contributed by atoms with Gasteiger partial charge in [-0.3, -0.25) is 9.36 Å². The van der Waals surface area contributed by atoms with Crippen LogP contribution in [0.5, 0.6) is 0 Å². The Balaban J connectivity index is 1.84. The number of likely N-dealkylation sites (N-methyl/N-ethyl adjacent to an activating group) is 1. The molecule has 0 bridgehead atoms. The molecule has 204 valence electrons. The number of methoxy groups -OCH3 is 3. The van der Waals surface area contributed by atoms with E-state index in [1.807, 2.05) is 44.6 Å². The lowest BCUT2D eigenvalue weighted by Crippen LogP contribution is -2.68. The minimum atomic E-state index is -2.48. The summed E-state index contributed by atoms with van der Waals surface area (Å²) in [5.74, 6) is -4.89. The van der Waals surface area contributed by atoms with Gasteiger partial charge in [-0.1, -0.05) is 18.2 Å². The van der Waals surface area contributed by atoms with Gasteiger partial charge in [-0.05, 0) is 56.4 Å². The van der Waals surface area contributed by atoms with Crippen molar-refractivity contribution < 1.29 is 39.1 Å². The van der Waals surface area contributed by atoms with Crippen molar-refractivity contribution in [3.63, 3.8) is 0 Å². The summed E-state index contributed by atoms with van der Waals surface area (Å²) in [6, 6.07) is 14.4. The Hall–Kier alpha value is -3.09. The predicted octanol–water partition coefficient (Wildman–Crippen LogP) is 1.81. The Morgan fingerprint density at radius 3 is 2.42 bits per heavy atom. The zero-order valence-corrected chi connectivity index (χ0v) is 22.1. The molecule has 0 saturated heterocycles. The van der Waals surface area contributed by atoms with Gasteiger partial charge in [0.05, 0.1) is 5.52 Å². The fourth-order valence-corrected chi connectivity index (χ4v) is 4.61. The lowest BCUT2D eigenvalue weighted by atomic mass is 9.93. The van der Waals surface area contributed by atoms with Crippen LogP contribution in [0.4, 0.5) is 0 Å². The summed E-state index contributed by atoms with van der Waals surface area (Å²) in [6.07, 6.45) is 0.487. The minimum Gasteiger partial charge on any atom is -0.479 e. The molecule has 10 heteroatoms. The van der Waals surface area contributed by atoms with E-state index in [2.05, 4.69) is 4.90 Å². The average molecular weight is 527 g/mol. The fraction of sp³-hybridized carbons (Fsp3) is 0.393. The van der Waals surface area contributed by atoms with Crippen molar-refractivity contribution >= 4 is 22.6 Å². The number of aliphatic hydroxyl groups excluding tert-OH is 1. The highest BCUT2D eigenvalue weighted by atomic mass is 16.7. The first kappa shape index (κ1) is 27.9. The molecule has 2 aromatic carbocycles. The molecular formula is C28H34N2O8. The molecule has 2 heterocycles. The summed E-state index contributed by atoms with van der Waals surface area (Å²) in [6.45, 7) is 0.758. The standard InChI is InChI=1S/C28H34N2O8/c1-29(2)14-13-20-17-30(25(31)18-9-7-6-8-10-18)22-12-11-19(15-21(20)22)23-16-27(33,36-4)28(34,37-5)24(38-23)26(32)35-3/h6-12,15-17,24,26,32-34H,13-14H2,1-5H3/t24-,26?,27+,28+/m1/s1. The van der Waals surface area contributed by atoms with Crippen molar-refractivity contribution in [3.8, 4) is 0 Å². The maximum Gasteiger partial charge on any atom is 0.268 e. The van der Waals surface area contributed by atoms with Crippen molar-refractivity contribution in [1.82, 2.24) is 9.47 Å². The van der Waals surface area contributed by atoms with Crippen LogP contribution in [0.15, 0.2) is 60.8 Å². The Morgan fingerprint density at radius 2 is 1.82 bits per heavy atom. The maximum absolute atomic E-state index is 13.4. The van der Waals surface area contributed by atoms with E-state index in [0.29, 0.717) is 23.1 Å². The van der Waals surface area contributed by atoms with Crippen LogP contribution in [-0.2, 0) is 25.4 Å². The van der Waals surface area contributed by atoms with Crippen molar-refractivity contribution in [3.05, 3.63) is 77.5 Å². The van der Waals surface area contributed by atoms with Gasteiger partial charge >= 0.3 is 0 Å². The summed E-state index contributed by atoms with van der Waals surface area (Å²) in [4.78, 5) is 15.4. The number of benzene rings is 2. The van der Waals surface area contributed by atoms with E-state index < -0.39 is 24.0 Å². The summed E-state index contributed by atoms with van der Waals surface area (Å²) >= 11 is 0. The van der Waals surface area contributed by atoms with Crippen molar-refractivity contribution in [2.45, 2.75) is 30.4 Å². The summed E-state index contributed by atoms with van der Waals surface area (Å²) < 4.78 is 22.9. The molecule has 1 aliphatic heterocycles. The quantitative estimate of drug-likeness (QED) is 0.358. The summed E-state index contributed by atoms with van der Waals surface area (Å²) in [7, 11) is 7.52. The molecule has 1 unspecified atom stereocenters. The lowest BCUT2D eigenvalue weighted by Gasteiger charge is -2.47. The van der Waals surface area contributed by atoms with E-state index >= 15 is 0 Å². The smallest absolute Gasteiger partial charge is 0.268 e. The van der Waals surface area contributed by atoms with Crippen molar-refractivity contribution in [2.75, 3.05) is 42.0 Å². The van der Waals surface area contributed by atoms with E-state index in [-0.39, 0.29) is 11.7 Å². The van der Waals surface area contributed by atoms with Gasteiger partial charge in [-0.25, -0.2) is 0 Å². The third-order valence-corrected chi connectivity index (χ3v) is 6.84. The molecule has 0 aliphatic carbocycles. The predicted molar refractivity (Wildman–Crippen MR) is 140 cm³/mol.